The van der Waals surface area contributed by atoms with E-state index in [1.165, 1.54) is 0 Å². The Labute approximate surface area is 141 Å². The van der Waals surface area contributed by atoms with Gasteiger partial charge in [0.25, 0.3) is 0 Å². The molecule has 2 aromatic rings. The largest absolute Gasteiger partial charge is 0.339 e. The Bertz CT molecular complexity index is 628. The van der Waals surface area contributed by atoms with Gasteiger partial charge in [0.05, 0.1) is 0 Å². The van der Waals surface area contributed by atoms with E-state index in [4.69, 9.17) is 23.2 Å². The third kappa shape index (κ3) is 4.75. The number of carbonyl (C=O) groups is 1. The third-order valence-electron chi connectivity index (χ3n) is 3.57. The Morgan fingerprint density at radius 3 is 2.45 bits per heavy atom. The summed E-state index contributed by atoms with van der Waals surface area (Å²) in [6, 6.07) is 15.4. The van der Waals surface area contributed by atoms with Gasteiger partial charge >= 0.3 is 0 Å². The average molecular weight is 336 g/mol. The maximum absolute atomic E-state index is 12.4. The molecule has 0 aliphatic rings. The fraction of sp³-hybridized carbons (Fsp3) is 0.278. The first kappa shape index (κ1) is 16.9. The molecule has 0 unspecified atom stereocenters. The zero-order valence-corrected chi connectivity index (χ0v) is 14.1. The highest BCUT2D eigenvalue weighted by atomic mass is 35.5. The summed E-state index contributed by atoms with van der Waals surface area (Å²) in [6.07, 6.45) is 1.07. The zero-order valence-electron chi connectivity index (χ0n) is 12.6. The molecule has 0 aliphatic heterocycles. The van der Waals surface area contributed by atoms with E-state index in [0.717, 1.165) is 11.1 Å². The molecule has 0 atom stereocenters. The summed E-state index contributed by atoms with van der Waals surface area (Å²) in [5.74, 6) is 0.136. The molecule has 0 radical (unpaired) electrons. The highest BCUT2D eigenvalue weighted by molar-refractivity contribution is 6.35. The van der Waals surface area contributed by atoms with Crippen LogP contribution in [-0.4, -0.2) is 17.4 Å². The van der Waals surface area contributed by atoms with Crippen LogP contribution < -0.4 is 0 Å². The van der Waals surface area contributed by atoms with Gasteiger partial charge in [0.15, 0.2) is 0 Å². The maximum atomic E-state index is 12.4. The topological polar surface area (TPSA) is 20.3 Å². The summed E-state index contributed by atoms with van der Waals surface area (Å²) in [7, 11) is 0. The molecular weight excluding hydrogens is 317 g/mol. The molecule has 0 saturated carbocycles. The molecule has 0 aliphatic carbocycles. The Hall–Kier alpha value is -1.51. The van der Waals surface area contributed by atoms with Crippen LogP contribution in [0.5, 0.6) is 0 Å². The van der Waals surface area contributed by atoms with Crippen molar-refractivity contribution < 1.29 is 4.79 Å². The van der Waals surface area contributed by atoms with Crippen molar-refractivity contribution in [3.05, 3.63) is 69.7 Å². The second-order valence-electron chi connectivity index (χ2n) is 5.13. The zero-order chi connectivity index (χ0) is 15.9. The molecule has 0 heterocycles. The van der Waals surface area contributed by atoms with Crippen molar-refractivity contribution in [1.29, 1.82) is 0 Å². The fourth-order valence-electron chi connectivity index (χ4n) is 2.30. The number of aryl methyl sites for hydroxylation is 1. The molecular formula is C18H19Cl2NO. The van der Waals surface area contributed by atoms with Crippen LogP contribution in [0.4, 0.5) is 0 Å². The van der Waals surface area contributed by atoms with Crippen LogP contribution in [0.25, 0.3) is 0 Å². The second-order valence-corrected chi connectivity index (χ2v) is 5.97. The maximum Gasteiger partial charge on any atom is 0.223 e. The van der Waals surface area contributed by atoms with Gasteiger partial charge in [-0.3, -0.25) is 4.79 Å². The van der Waals surface area contributed by atoms with Crippen molar-refractivity contribution in [3.8, 4) is 0 Å². The van der Waals surface area contributed by atoms with Crippen molar-refractivity contribution in [3.63, 3.8) is 0 Å². The second kappa shape index (κ2) is 8.21. The molecule has 2 rings (SSSR count). The van der Waals surface area contributed by atoms with E-state index < -0.39 is 0 Å². The number of amides is 1. The summed E-state index contributed by atoms with van der Waals surface area (Å²) < 4.78 is 0. The molecule has 2 nitrogen and oxygen atoms in total. The van der Waals surface area contributed by atoms with E-state index in [-0.39, 0.29) is 5.91 Å². The van der Waals surface area contributed by atoms with Gasteiger partial charge in [-0.1, -0.05) is 59.6 Å². The van der Waals surface area contributed by atoms with E-state index in [2.05, 4.69) is 0 Å². The van der Waals surface area contributed by atoms with Crippen LogP contribution in [0.15, 0.2) is 48.5 Å². The highest BCUT2D eigenvalue weighted by Gasteiger charge is 2.13. The van der Waals surface area contributed by atoms with Gasteiger partial charge in [-0.05, 0) is 36.6 Å². The molecule has 0 fully saturated rings. The lowest BCUT2D eigenvalue weighted by atomic mass is 10.1. The first-order valence-electron chi connectivity index (χ1n) is 7.35. The predicted molar refractivity (Wildman–Crippen MR) is 92.3 cm³/mol. The molecule has 22 heavy (non-hydrogen) atoms. The van der Waals surface area contributed by atoms with Gasteiger partial charge in [0.2, 0.25) is 5.91 Å². The van der Waals surface area contributed by atoms with Crippen LogP contribution in [0.1, 0.15) is 24.5 Å². The van der Waals surface area contributed by atoms with Crippen molar-refractivity contribution in [2.24, 2.45) is 0 Å². The molecule has 1 amide bonds. The Kier molecular flexibility index (Phi) is 6.29. The fourth-order valence-corrected chi connectivity index (χ4v) is 2.81. The molecule has 0 N–H and O–H groups in total. The first-order chi connectivity index (χ1) is 10.6. The van der Waals surface area contributed by atoms with Gasteiger partial charge in [-0.2, -0.15) is 0 Å². The number of hydrogen-bond donors (Lipinski definition) is 0. The van der Waals surface area contributed by atoms with Crippen LogP contribution in [0, 0.1) is 0 Å². The number of nitrogens with zero attached hydrogens (tertiary/aromatic N) is 1. The van der Waals surface area contributed by atoms with Gasteiger partial charge in [0.1, 0.15) is 0 Å². The summed E-state index contributed by atoms with van der Waals surface area (Å²) in [4.78, 5) is 14.2. The smallest absolute Gasteiger partial charge is 0.223 e. The molecule has 0 bridgehead atoms. The molecule has 0 saturated heterocycles. The van der Waals surface area contributed by atoms with Gasteiger partial charge in [-0.15, -0.1) is 0 Å². The van der Waals surface area contributed by atoms with Gasteiger partial charge in [0, 0.05) is 29.6 Å². The van der Waals surface area contributed by atoms with Crippen molar-refractivity contribution >= 4 is 29.1 Å². The highest BCUT2D eigenvalue weighted by Crippen LogP contribution is 2.22. The van der Waals surface area contributed by atoms with E-state index in [9.17, 15) is 4.79 Å². The number of benzene rings is 2. The van der Waals surface area contributed by atoms with E-state index in [0.29, 0.717) is 36.0 Å². The third-order valence-corrected chi connectivity index (χ3v) is 4.16. The quantitative estimate of drug-likeness (QED) is 0.729. The summed E-state index contributed by atoms with van der Waals surface area (Å²) >= 11 is 12.0. The number of rotatable bonds is 6. The predicted octanol–water partition coefficient (Wildman–Crippen LogP) is 4.97. The van der Waals surface area contributed by atoms with Crippen LogP contribution >= 0.6 is 23.2 Å². The molecule has 4 heteroatoms. The van der Waals surface area contributed by atoms with Crippen LogP contribution in [0.3, 0.4) is 0 Å². The Morgan fingerprint density at radius 1 is 1.09 bits per heavy atom. The van der Waals surface area contributed by atoms with Crippen LogP contribution in [0.2, 0.25) is 10.0 Å². The standard InChI is InChI=1S/C18H19Cl2NO/c1-2-21(13-14-6-4-3-5-7-14)18(22)11-9-15-8-10-16(19)12-17(15)20/h3-8,10,12H,2,9,11,13H2,1H3. The molecule has 0 aromatic heterocycles. The summed E-state index contributed by atoms with van der Waals surface area (Å²) in [6.45, 7) is 3.34. The summed E-state index contributed by atoms with van der Waals surface area (Å²) in [5.41, 5.74) is 2.09. The minimum Gasteiger partial charge on any atom is -0.339 e. The average Bonchev–Trinajstić information content (AvgIpc) is 2.52. The number of carbonyl (C=O) groups excluding carboxylic acids is 1. The van der Waals surface area contributed by atoms with E-state index >= 15 is 0 Å². The van der Waals surface area contributed by atoms with E-state index in [1.807, 2.05) is 48.2 Å². The molecule has 2 aromatic carbocycles. The minimum atomic E-state index is 0.136. The SMILES string of the molecule is CCN(Cc1ccccc1)C(=O)CCc1ccc(Cl)cc1Cl. The minimum absolute atomic E-state index is 0.136. The Balaban J connectivity index is 1.94. The normalized spacial score (nSPS) is 10.5. The monoisotopic (exact) mass is 335 g/mol. The van der Waals surface area contributed by atoms with Crippen LogP contribution in [-0.2, 0) is 17.8 Å². The summed E-state index contributed by atoms with van der Waals surface area (Å²) in [5, 5.41) is 1.23. The first-order valence-corrected chi connectivity index (χ1v) is 8.11. The van der Waals surface area contributed by atoms with E-state index in [1.54, 1.807) is 12.1 Å². The van der Waals surface area contributed by atoms with Crippen molar-refractivity contribution in [1.82, 2.24) is 4.90 Å². The van der Waals surface area contributed by atoms with Gasteiger partial charge < -0.3 is 4.90 Å². The molecule has 116 valence electrons. The number of hydrogen-bond acceptors (Lipinski definition) is 1. The molecule has 0 spiro atoms. The lowest BCUT2D eigenvalue weighted by molar-refractivity contribution is -0.131. The lowest BCUT2D eigenvalue weighted by Gasteiger charge is -2.21. The Morgan fingerprint density at radius 2 is 1.82 bits per heavy atom. The van der Waals surface area contributed by atoms with Crippen molar-refractivity contribution in [2.45, 2.75) is 26.3 Å². The lowest BCUT2D eigenvalue weighted by Crippen LogP contribution is -2.30. The number of halogens is 2. The van der Waals surface area contributed by atoms with Crippen molar-refractivity contribution in [2.75, 3.05) is 6.54 Å². The van der Waals surface area contributed by atoms with Gasteiger partial charge in [-0.25, -0.2) is 0 Å².